The van der Waals surface area contributed by atoms with Gasteiger partial charge in [0.15, 0.2) is 0 Å². The maximum Gasteiger partial charge on any atom is 0.323 e. The van der Waals surface area contributed by atoms with Gasteiger partial charge in [0.2, 0.25) is 0 Å². The summed E-state index contributed by atoms with van der Waals surface area (Å²) < 4.78 is 0. The summed E-state index contributed by atoms with van der Waals surface area (Å²) >= 11 is 1.37. The van der Waals surface area contributed by atoms with Gasteiger partial charge in [0.25, 0.3) is 5.91 Å². The average molecular weight is 285 g/mol. The lowest BCUT2D eigenvalue weighted by molar-refractivity contribution is -0.137. The van der Waals surface area contributed by atoms with E-state index in [-0.39, 0.29) is 18.4 Å². The molecule has 0 radical (unpaired) electrons. The molecule has 0 atom stereocenters. The molecular formula is C12H19N3O3S. The Hall–Kier alpha value is -1.47. The molecule has 1 rings (SSSR count). The van der Waals surface area contributed by atoms with Crippen molar-refractivity contribution in [3.8, 4) is 0 Å². The van der Waals surface area contributed by atoms with Gasteiger partial charge >= 0.3 is 5.97 Å². The first-order valence-corrected chi connectivity index (χ1v) is 6.97. The second-order valence-corrected chi connectivity index (χ2v) is 5.58. The van der Waals surface area contributed by atoms with Crippen LogP contribution in [0.3, 0.4) is 0 Å². The van der Waals surface area contributed by atoms with Gasteiger partial charge in [-0.15, -0.1) is 11.3 Å². The molecule has 0 aliphatic heterocycles. The van der Waals surface area contributed by atoms with Crippen LogP contribution in [-0.2, 0) is 11.2 Å². The summed E-state index contributed by atoms with van der Waals surface area (Å²) in [4.78, 5) is 28.5. The highest BCUT2D eigenvalue weighted by Gasteiger charge is 2.21. The van der Waals surface area contributed by atoms with Crippen molar-refractivity contribution >= 4 is 23.2 Å². The summed E-state index contributed by atoms with van der Waals surface area (Å²) in [6, 6.07) is 0. The van der Waals surface area contributed by atoms with E-state index in [4.69, 9.17) is 10.8 Å². The Labute approximate surface area is 116 Å². The van der Waals surface area contributed by atoms with Gasteiger partial charge in [-0.1, -0.05) is 13.8 Å². The maximum atomic E-state index is 12.2. The molecule has 7 heteroatoms. The lowest BCUT2D eigenvalue weighted by Gasteiger charge is -2.21. The molecule has 0 aromatic carbocycles. The average Bonchev–Trinajstić information content (AvgIpc) is 2.75. The Morgan fingerprint density at radius 3 is 2.74 bits per heavy atom. The summed E-state index contributed by atoms with van der Waals surface area (Å²) in [5.74, 6) is -1.16. The number of rotatable bonds is 7. The van der Waals surface area contributed by atoms with Gasteiger partial charge < -0.3 is 15.7 Å². The standard InChI is InChI=1S/C12H19N3O3S/c1-8(2)5-15(6-11(16)17)12(18)9-7-19-10(14-9)3-4-13/h7-8H,3-6,13H2,1-2H3,(H,16,17). The number of thiazole rings is 1. The number of hydrogen-bond donors (Lipinski definition) is 2. The van der Waals surface area contributed by atoms with Crippen LogP contribution in [0.2, 0.25) is 0 Å². The number of carboxylic acids is 1. The molecule has 0 spiro atoms. The van der Waals surface area contributed by atoms with E-state index in [0.717, 1.165) is 5.01 Å². The molecule has 0 bridgehead atoms. The van der Waals surface area contributed by atoms with Crippen molar-refractivity contribution in [2.24, 2.45) is 11.7 Å². The summed E-state index contributed by atoms with van der Waals surface area (Å²) in [5.41, 5.74) is 5.73. The van der Waals surface area contributed by atoms with Gasteiger partial charge in [-0.05, 0) is 12.5 Å². The zero-order valence-corrected chi connectivity index (χ0v) is 11.9. The van der Waals surface area contributed by atoms with Crippen LogP contribution in [0.5, 0.6) is 0 Å². The van der Waals surface area contributed by atoms with Crippen LogP contribution in [0.15, 0.2) is 5.38 Å². The van der Waals surface area contributed by atoms with Crippen LogP contribution in [0, 0.1) is 5.92 Å². The van der Waals surface area contributed by atoms with E-state index >= 15 is 0 Å². The number of carbonyl (C=O) groups excluding carboxylic acids is 1. The van der Waals surface area contributed by atoms with Crippen LogP contribution in [0.4, 0.5) is 0 Å². The lowest BCUT2D eigenvalue weighted by atomic mass is 10.2. The Balaban J connectivity index is 2.81. The van der Waals surface area contributed by atoms with Crippen molar-refractivity contribution in [3.05, 3.63) is 16.1 Å². The molecule has 0 aliphatic rings. The van der Waals surface area contributed by atoms with Crippen molar-refractivity contribution in [2.75, 3.05) is 19.6 Å². The van der Waals surface area contributed by atoms with Crippen LogP contribution < -0.4 is 5.73 Å². The molecule has 0 saturated heterocycles. The number of aliphatic carboxylic acids is 1. The Kier molecular flexibility index (Phi) is 5.91. The van der Waals surface area contributed by atoms with Crippen molar-refractivity contribution in [1.82, 2.24) is 9.88 Å². The Morgan fingerprint density at radius 1 is 1.53 bits per heavy atom. The number of carboxylic acid groups (broad SMARTS) is 1. The second-order valence-electron chi connectivity index (χ2n) is 4.64. The minimum absolute atomic E-state index is 0.199. The Morgan fingerprint density at radius 2 is 2.21 bits per heavy atom. The van der Waals surface area contributed by atoms with E-state index in [9.17, 15) is 9.59 Å². The molecule has 19 heavy (non-hydrogen) atoms. The molecule has 1 aromatic rings. The quantitative estimate of drug-likeness (QED) is 0.773. The Bertz CT molecular complexity index is 445. The van der Waals surface area contributed by atoms with Gasteiger partial charge in [-0.25, -0.2) is 4.98 Å². The minimum Gasteiger partial charge on any atom is -0.480 e. The smallest absolute Gasteiger partial charge is 0.323 e. The monoisotopic (exact) mass is 285 g/mol. The second kappa shape index (κ2) is 7.20. The third-order valence-corrected chi connectivity index (χ3v) is 3.24. The first-order valence-electron chi connectivity index (χ1n) is 6.09. The topological polar surface area (TPSA) is 96.5 Å². The highest BCUT2D eigenvalue weighted by atomic mass is 32.1. The predicted molar refractivity (Wildman–Crippen MR) is 73.2 cm³/mol. The summed E-state index contributed by atoms with van der Waals surface area (Å²) in [5, 5.41) is 11.3. The first kappa shape index (κ1) is 15.6. The zero-order valence-electron chi connectivity index (χ0n) is 11.1. The van der Waals surface area contributed by atoms with Crippen molar-refractivity contribution in [1.29, 1.82) is 0 Å². The molecule has 1 aromatic heterocycles. The molecular weight excluding hydrogens is 266 g/mol. The van der Waals surface area contributed by atoms with Gasteiger partial charge in [-0.2, -0.15) is 0 Å². The molecule has 0 unspecified atom stereocenters. The van der Waals surface area contributed by atoms with E-state index in [1.54, 1.807) is 5.38 Å². The van der Waals surface area contributed by atoms with Crippen molar-refractivity contribution in [2.45, 2.75) is 20.3 Å². The minimum atomic E-state index is -1.02. The third kappa shape index (κ3) is 4.96. The van der Waals surface area contributed by atoms with Crippen LogP contribution in [-0.4, -0.2) is 46.5 Å². The summed E-state index contributed by atoms with van der Waals surface area (Å²) in [6.45, 7) is 4.44. The number of hydrogen-bond acceptors (Lipinski definition) is 5. The number of carbonyl (C=O) groups is 2. The molecule has 106 valence electrons. The van der Waals surface area contributed by atoms with Gasteiger partial charge in [0.05, 0.1) is 5.01 Å². The highest BCUT2D eigenvalue weighted by Crippen LogP contribution is 2.13. The molecule has 0 aliphatic carbocycles. The van der Waals surface area contributed by atoms with Crippen molar-refractivity contribution < 1.29 is 14.7 Å². The van der Waals surface area contributed by atoms with Crippen LogP contribution >= 0.6 is 11.3 Å². The normalized spacial score (nSPS) is 10.7. The summed E-state index contributed by atoms with van der Waals surface area (Å²) in [7, 11) is 0. The SMILES string of the molecule is CC(C)CN(CC(=O)O)C(=O)c1csc(CCN)n1. The fourth-order valence-corrected chi connectivity index (χ4v) is 2.42. The predicted octanol–water partition coefficient (Wildman–Crippen LogP) is 0.827. The first-order chi connectivity index (χ1) is 8.93. The number of nitrogens with two attached hydrogens (primary N) is 1. The maximum absolute atomic E-state index is 12.2. The van der Waals surface area contributed by atoms with Crippen LogP contribution in [0.25, 0.3) is 0 Å². The van der Waals surface area contributed by atoms with Gasteiger partial charge in [0.1, 0.15) is 12.2 Å². The summed E-state index contributed by atoms with van der Waals surface area (Å²) in [6.07, 6.45) is 0.626. The number of amides is 1. The molecule has 0 fully saturated rings. The van der Waals surface area contributed by atoms with Gasteiger partial charge in [0, 0.05) is 18.3 Å². The van der Waals surface area contributed by atoms with E-state index in [1.807, 2.05) is 13.8 Å². The third-order valence-electron chi connectivity index (χ3n) is 2.33. The molecule has 3 N–H and O–H groups in total. The number of aromatic nitrogens is 1. The highest BCUT2D eigenvalue weighted by molar-refractivity contribution is 7.09. The van der Waals surface area contributed by atoms with Crippen LogP contribution in [0.1, 0.15) is 29.3 Å². The van der Waals surface area contributed by atoms with E-state index in [2.05, 4.69) is 4.98 Å². The molecule has 1 amide bonds. The van der Waals surface area contributed by atoms with E-state index in [0.29, 0.717) is 25.2 Å². The van der Waals surface area contributed by atoms with E-state index in [1.165, 1.54) is 16.2 Å². The molecule has 6 nitrogen and oxygen atoms in total. The molecule has 1 heterocycles. The largest absolute Gasteiger partial charge is 0.480 e. The van der Waals surface area contributed by atoms with E-state index < -0.39 is 5.97 Å². The molecule has 0 saturated carbocycles. The fourth-order valence-electron chi connectivity index (χ4n) is 1.63. The number of nitrogens with zero attached hydrogens (tertiary/aromatic N) is 2. The fraction of sp³-hybridized carbons (Fsp3) is 0.583. The zero-order chi connectivity index (χ0) is 14.4. The van der Waals surface area contributed by atoms with Gasteiger partial charge in [-0.3, -0.25) is 9.59 Å². The lowest BCUT2D eigenvalue weighted by Crippen LogP contribution is -2.38. The van der Waals surface area contributed by atoms with Crippen molar-refractivity contribution in [3.63, 3.8) is 0 Å².